The van der Waals surface area contributed by atoms with Crippen molar-refractivity contribution in [3.8, 4) is 0 Å². The van der Waals surface area contributed by atoms with Gasteiger partial charge in [-0.2, -0.15) is 4.98 Å². The van der Waals surface area contributed by atoms with Crippen LogP contribution in [0.3, 0.4) is 0 Å². The van der Waals surface area contributed by atoms with E-state index in [0.717, 1.165) is 79.1 Å². The van der Waals surface area contributed by atoms with E-state index in [2.05, 4.69) is 15.4 Å². The number of nitrogens with zero attached hydrogens (tertiary/aromatic N) is 2. The van der Waals surface area contributed by atoms with Gasteiger partial charge in [-0.1, -0.05) is 56.0 Å². The summed E-state index contributed by atoms with van der Waals surface area (Å²) in [7, 11) is -3.57. The summed E-state index contributed by atoms with van der Waals surface area (Å²) in [6, 6.07) is 21.1. The van der Waals surface area contributed by atoms with Crippen molar-refractivity contribution in [1.82, 2.24) is 14.7 Å². The number of rotatable bonds is 12. The SMILES string of the molecule is C.NCCCCNc1nc(NCC2CCC(CNS(=O)(=O)c3cccc4ccccc34)CC2)nc2ccccc12. The number of unbranched alkanes of at least 4 members (excludes halogenated alkanes) is 1. The number of sulfonamides is 1. The summed E-state index contributed by atoms with van der Waals surface area (Å²) in [6.45, 7) is 2.79. The predicted molar refractivity (Wildman–Crippen MR) is 166 cm³/mol. The van der Waals surface area contributed by atoms with Crippen LogP contribution in [0.5, 0.6) is 0 Å². The van der Waals surface area contributed by atoms with Crippen LogP contribution in [0.2, 0.25) is 0 Å². The van der Waals surface area contributed by atoms with E-state index in [1.807, 2.05) is 54.6 Å². The Morgan fingerprint density at radius 3 is 2.23 bits per heavy atom. The van der Waals surface area contributed by atoms with Crippen molar-refractivity contribution < 1.29 is 8.42 Å². The van der Waals surface area contributed by atoms with Crippen LogP contribution < -0.4 is 21.1 Å². The number of nitrogens with two attached hydrogens (primary N) is 1. The zero-order valence-corrected chi connectivity index (χ0v) is 23.1. The van der Waals surface area contributed by atoms with Crippen molar-refractivity contribution in [1.29, 1.82) is 0 Å². The standard InChI is InChI=1S/C30H38N6O2S.CH4/c31-18-5-6-19-32-29-26-11-3-4-12-27(26)35-30(36-29)33-20-22-14-16-23(17-15-22)21-34-39(37,38)28-13-7-9-24-8-1-2-10-25(24)28;/h1-4,7-13,22-23,34H,5-6,14-21,31H2,(H2,32,33,35,36);1H4. The Morgan fingerprint density at radius 1 is 0.775 bits per heavy atom. The van der Waals surface area contributed by atoms with Gasteiger partial charge in [0.15, 0.2) is 0 Å². The Hall–Kier alpha value is -3.27. The van der Waals surface area contributed by atoms with Crippen LogP contribution in [-0.4, -0.2) is 44.6 Å². The molecule has 1 aliphatic carbocycles. The lowest BCUT2D eigenvalue weighted by Crippen LogP contribution is -2.32. The second kappa shape index (κ2) is 13.9. The Bertz CT molecular complexity index is 1500. The van der Waals surface area contributed by atoms with Gasteiger partial charge in [-0.3, -0.25) is 0 Å². The minimum Gasteiger partial charge on any atom is -0.369 e. The van der Waals surface area contributed by atoms with Crippen molar-refractivity contribution in [2.45, 2.75) is 50.8 Å². The Morgan fingerprint density at radius 2 is 1.45 bits per heavy atom. The Balaban J connectivity index is 0.00000370. The highest BCUT2D eigenvalue weighted by atomic mass is 32.2. The largest absolute Gasteiger partial charge is 0.369 e. The molecule has 0 spiro atoms. The fraction of sp³-hybridized carbons (Fsp3) is 0.419. The zero-order valence-electron chi connectivity index (χ0n) is 22.3. The van der Waals surface area contributed by atoms with Gasteiger partial charge in [0.2, 0.25) is 16.0 Å². The van der Waals surface area contributed by atoms with E-state index in [9.17, 15) is 8.42 Å². The monoisotopic (exact) mass is 562 g/mol. The van der Waals surface area contributed by atoms with Crippen LogP contribution in [0.1, 0.15) is 46.0 Å². The van der Waals surface area contributed by atoms with Crippen molar-refractivity contribution in [3.05, 3.63) is 66.7 Å². The molecule has 0 bridgehead atoms. The number of benzene rings is 3. The second-order valence-electron chi connectivity index (χ2n) is 10.4. The molecule has 1 aliphatic rings. The maximum Gasteiger partial charge on any atom is 0.241 e. The molecule has 214 valence electrons. The van der Waals surface area contributed by atoms with Gasteiger partial charge < -0.3 is 16.4 Å². The molecule has 0 aliphatic heterocycles. The average Bonchev–Trinajstić information content (AvgIpc) is 2.97. The van der Waals surface area contributed by atoms with Crippen molar-refractivity contribution in [2.75, 3.05) is 36.8 Å². The first kappa shape index (κ1) is 29.7. The minimum atomic E-state index is -3.57. The summed E-state index contributed by atoms with van der Waals surface area (Å²) < 4.78 is 29.1. The first-order valence-electron chi connectivity index (χ1n) is 14.0. The van der Waals surface area contributed by atoms with Gasteiger partial charge in [-0.25, -0.2) is 18.1 Å². The van der Waals surface area contributed by atoms with Gasteiger partial charge in [0.05, 0.1) is 10.4 Å². The molecule has 0 unspecified atom stereocenters. The lowest BCUT2D eigenvalue weighted by atomic mass is 9.82. The normalized spacial score (nSPS) is 17.4. The molecule has 9 heteroatoms. The lowest BCUT2D eigenvalue weighted by Gasteiger charge is -2.28. The summed E-state index contributed by atoms with van der Waals surface area (Å²) >= 11 is 0. The first-order valence-corrected chi connectivity index (χ1v) is 15.4. The summed E-state index contributed by atoms with van der Waals surface area (Å²) in [5.74, 6) is 2.33. The molecule has 8 nitrogen and oxygen atoms in total. The molecule has 1 heterocycles. The predicted octanol–water partition coefficient (Wildman–Crippen LogP) is 5.77. The molecular weight excluding hydrogens is 520 g/mol. The summed E-state index contributed by atoms with van der Waals surface area (Å²) in [5, 5.41) is 9.62. The topological polar surface area (TPSA) is 122 Å². The third-order valence-electron chi connectivity index (χ3n) is 7.64. The van der Waals surface area contributed by atoms with Gasteiger partial charge in [-0.05, 0) is 80.5 Å². The van der Waals surface area contributed by atoms with Gasteiger partial charge in [0.1, 0.15) is 5.82 Å². The minimum absolute atomic E-state index is 0. The molecule has 1 aromatic heterocycles. The number of anilines is 2. The number of aromatic nitrogens is 2. The molecule has 5 rings (SSSR count). The smallest absolute Gasteiger partial charge is 0.241 e. The molecule has 4 aromatic rings. The molecular formula is C31H42N6O2S. The zero-order chi connectivity index (χ0) is 27.1. The van der Waals surface area contributed by atoms with Crippen molar-refractivity contribution >= 4 is 43.5 Å². The number of nitrogens with one attached hydrogen (secondary N) is 3. The fourth-order valence-corrected chi connectivity index (χ4v) is 6.72. The first-order chi connectivity index (χ1) is 19.0. The maximum absolute atomic E-state index is 13.1. The third kappa shape index (κ3) is 7.27. The Kier molecular flexibility index (Phi) is 10.3. The lowest BCUT2D eigenvalue weighted by molar-refractivity contribution is 0.284. The second-order valence-corrected chi connectivity index (χ2v) is 12.2. The molecule has 0 saturated heterocycles. The van der Waals surface area contributed by atoms with Crippen LogP contribution in [0.15, 0.2) is 71.6 Å². The Labute approximate surface area is 238 Å². The molecule has 3 aromatic carbocycles. The van der Waals surface area contributed by atoms with E-state index >= 15 is 0 Å². The molecule has 5 N–H and O–H groups in total. The number of hydrogen-bond donors (Lipinski definition) is 4. The number of fused-ring (bicyclic) bond motifs is 2. The third-order valence-corrected chi connectivity index (χ3v) is 9.12. The number of hydrogen-bond acceptors (Lipinski definition) is 7. The van der Waals surface area contributed by atoms with Crippen LogP contribution in [0, 0.1) is 11.8 Å². The molecule has 1 saturated carbocycles. The average molecular weight is 563 g/mol. The van der Waals surface area contributed by atoms with Gasteiger partial charge in [0.25, 0.3) is 0 Å². The number of para-hydroxylation sites is 1. The van der Waals surface area contributed by atoms with Crippen LogP contribution >= 0.6 is 0 Å². The van der Waals surface area contributed by atoms with Gasteiger partial charge in [0, 0.05) is 30.4 Å². The van der Waals surface area contributed by atoms with Crippen molar-refractivity contribution in [3.63, 3.8) is 0 Å². The molecule has 0 amide bonds. The van der Waals surface area contributed by atoms with Crippen molar-refractivity contribution in [2.24, 2.45) is 17.6 Å². The van der Waals surface area contributed by atoms with E-state index in [4.69, 9.17) is 15.7 Å². The van der Waals surface area contributed by atoms with E-state index in [0.29, 0.717) is 35.8 Å². The van der Waals surface area contributed by atoms with Crippen LogP contribution in [0.4, 0.5) is 11.8 Å². The van der Waals surface area contributed by atoms with Gasteiger partial charge in [-0.15, -0.1) is 0 Å². The van der Waals surface area contributed by atoms with E-state index < -0.39 is 10.0 Å². The summed E-state index contributed by atoms with van der Waals surface area (Å²) in [6.07, 6.45) is 6.07. The highest BCUT2D eigenvalue weighted by Gasteiger charge is 2.24. The maximum atomic E-state index is 13.1. The molecule has 0 radical (unpaired) electrons. The summed E-state index contributed by atoms with van der Waals surface area (Å²) in [4.78, 5) is 9.84. The molecule has 1 fully saturated rings. The quantitative estimate of drug-likeness (QED) is 0.162. The summed E-state index contributed by atoms with van der Waals surface area (Å²) in [5.41, 5.74) is 6.54. The highest BCUT2D eigenvalue weighted by molar-refractivity contribution is 7.89. The van der Waals surface area contributed by atoms with Crippen LogP contribution in [-0.2, 0) is 10.0 Å². The van der Waals surface area contributed by atoms with E-state index in [1.165, 1.54) is 0 Å². The van der Waals surface area contributed by atoms with Crippen LogP contribution in [0.25, 0.3) is 21.7 Å². The van der Waals surface area contributed by atoms with Gasteiger partial charge >= 0.3 is 0 Å². The van der Waals surface area contributed by atoms with E-state index in [1.54, 1.807) is 12.1 Å². The highest BCUT2D eigenvalue weighted by Crippen LogP contribution is 2.30. The van der Waals surface area contributed by atoms with E-state index in [-0.39, 0.29) is 7.43 Å². The molecule has 40 heavy (non-hydrogen) atoms. The molecule has 0 atom stereocenters. The fourth-order valence-electron chi connectivity index (χ4n) is 5.38.